The second-order valence-electron chi connectivity index (χ2n) is 5.60. The van der Waals surface area contributed by atoms with E-state index in [4.69, 9.17) is 0 Å². The Morgan fingerprint density at radius 3 is 2.95 bits per heavy atom. The average Bonchev–Trinajstić information content (AvgIpc) is 3.02. The minimum atomic E-state index is 0.400. The topological polar surface area (TPSA) is 24.1 Å². The van der Waals surface area contributed by atoms with Crippen molar-refractivity contribution in [1.29, 1.82) is 0 Å². The molecule has 0 spiro atoms. The summed E-state index contributed by atoms with van der Waals surface area (Å²) in [6.07, 6.45) is 1.15. The van der Waals surface area contributed by atoms with E-state index >= 15 is 0 Å². The first-order valence-electron chi connectivity index (χ1n) is 7.30. The molecule has 1 atom stereocenters. The highest BCUT2D eigenvalue weighted by Crippen LogP contribution is 2.29. The van der Waals surface area contributed by atoms with E-state index in [0.717, 1.165) is 19.5 Å². The first-order chi connectivity index (χ1) is 9.65. The molecule has 0 bridgehead atoms. The summed E-state index contributed by atoms with van der Waals surface area (Å²) in [4.78, 5) is 2.83. The second-order valence-corrected chi connectivity index (χ2v) is 7.06. The SMILES string of the molecule is Cc1cc(C(C)NCc2cccc3c2NCC3)c(C)s1. The molecule has 1 aliphatic rings. The van der Waals surface area contributed by atoms with Crippen LogP contribution < -0.4 is 10.6 Å². The van der Waals surface area contributed by atoms with Crippen LogP contribution >= 0.6 is 11.3 Å². The average molecular weight is 286 g/mol. The first-order valence-corrected chi connectivity index (χ1v) is 8.12. The number of aryl methyl sites for hydroxylation is 2. The number of hydrogen-bond acceptors (Lipinski definition) is 3. The van der Waals surface area contributed by atoms with Crippen molar-refractivity contribution in [3.63, 3.8) is 0 Å². The van der Waals surface area contributed by atoms with Crippen molar-refractivity contribution >= 4 is 17.0 Å². The lowest BCUT2D eigenvalue weighted by atomic mass is 10.1. The van der Waals surface area contributed by atoms with Crippen LogP contribution in [0, 0.1) is 13.8 Å². The molecule has 0 aliphatic carbocycles. The zero-order chi connectivity index (χ0) is 14.1. The van der Waals surface area contributed by atoms with Crippen molar-refractivity contribution in [3.8, 4) is 0 Å². The van der Waals surface area contributed by atoms with E-state index in [1.165, 1.54) is 32.1 Å². The number of nitrogens with one attached hydrogen (secondary N) is 2. The Kier molecular flexibility index (Phi) is 3.81. The van der Waals surface area contributed by atoms with E-state index in [1.54, 1.807) is 0 Å². The standard InChI is InChI=1S/C17H22N2S/c1-11-9-16(13(3)20-11)12(2)19-10-15-6-4-5-14-7-8-18-17(14)15/h4-6,9,12,18-19H,7-8,10H2,1-3H3. The summed E-state index contributed by atoms with van der Waals surface area (Å²) < 4.78 is 0. The molecule has 2 aromatic rings. The maximum atomic E-state index is 3.67. The van der Waals surface area contributed by atoms with Gasteiger partial charge in [-0.25, -0.2) is 0 Å². The number of benzene rings is 1. The molecule has 2 nitrogen and oxygen atoms in total. The third-order valence-electron chi connectivity index (χ3n) is 4.08. The molecular formula is C17H22N2S. The number of hydrogen-bond donors (Lipinski definition) is 2. The van der Waals surface area contributed by atoms with Crippen molar-refractivity contribution < 1.29 is 0 Å². The predicted molar refractivity (Wildman–Crippen MR) is 87.7 cm³/mol. The zero-order valence-corrected chi connectivity index (χ0v) is 13.2. The highest BCUT2D eigenvalue weighted by molar-refractivity contribution is 7.12. The minimum Gasteiger partial charge on any atom is -0.384 e. The first kappa shape index (κ1) is 13.7. The van der Waals surface area contributed by atoms with Crippen LogP contribution in [0.2, 0.25) is 0 Å². The Hall–Kier alpha value is -1.32. The van der Waals surface area contributed by atoms with Gasteiger partial charge in [0.2, 0.25) is 0 Å². The number of anilines is 1. The van der Waals surface area contributed by atoms with E-state index in [1.807, 2.05) is 11.3 Å². The van der Waals surface area contributed by atoms with Gasteiger partial charge in [0.1, 0.15) is 0 Å². The summed E-state index contributed by atoms with van der Waals surface area (Å²) in [6.45, 7) is 8.65. The Morgan fingerprint density at radius 2 is 2.20 bits per heavy atom. The molecule has 1 unspecified atom stereocenters. The van der Waals surface area contributed by atoms with Crippen LogP contribution in [0.4, 0.5) is 5.69 Å². The van der Waals surface area contributed by atoms with E-state index in [9.17, 15) is 0 Å². The highest BCUT2D eigenvalue weighted by atomic mass is 32.1. The van der Waals surface area contributed by atoms with Gasteiger partial charge in [-0.05, 0) is 49.9 Å². The van der Waals surface area contributed by atoms with Crippen molar-refractivity contribution in [3.05, 3.63) is 50.7 Å². The minimum absolute atomic E-state index is 0.400. The fourth-order valence-electron chi connectivity index (χ4n) is 3.01. The largest absolute Gasteiger partial charge is 0.384 e. The number of fused-ring (bicyclic) bond motifs is 1. The molecule has 2 N–H and O–H groups in total. The van der Waals surface area contributed by atoms with Crippen molar-refractivity contribution in [2.75, 3.05) is 11.9 Å². The summed E-state index contributed by atoms with van der Waals surface area (Å²) in [7, 11) is 0. The molecule has 1 aliphatic heterocycles. The van der Waals surface area contributed by atoms with Crippen LogP contribution in [0.3, 0.4) is 0 Å². The lowest BCUT2D eigenvalue weighted by Crippen LogP contribution is -2.18. The molecule has 2 heterocycles. The molecule has 106 valence electrons. The Bertz CT molecular complexity index is 615. The molecule has 0 saturated carbocycles. The van der Waals surface area contributed by atoms with Gasteiger partial charge < -0.3 is 10.6 Å². The lowest BCUT2D eigenvalue weighted by Gasteiger charge is -2.16. The van der Waals surface area contributed by atoms with Gasteiger partial charge in [-0.1, -0.05) is 18.2 Å². The van der Waals surface area contributed by atoms with E-state index < -0.39 is 0 Å². The predicted octanol–water partition coefficient (Wildman–Crippen LogP) is 4.18. The third kappa shape index (κ3) is 2.60. The van der Waals surface area contributed by atoms with Crippen molar-refractivity contribution in [1.82, 2.24) is 5.32 Å². The van der Waals surface area contributed by atoms with Gasteiger partial charge in [0.15, 0.2) is 0 Å². The quantitative estimate of drug-likeness (QED) is 0.881. The molecule has 0 radical (unpaired) electrons. The number of rotatable bonds is 4. The molecular weight excluding hydrogens is 264 g/mol. The monoisotopic (exact) mass is 286 g/mol. The van der Waals surface area contributed by atoms with Crippen LogP contribution in [0.25, 0.3) is 0 Å². The van der Waals surface area contributed by atoms with Crippen LogP contribution in [0.5, 0.6) is 0 Å². The Balaban J connectivity index is 1.71. The molecule has 1 aromatic heterocycles. The van der Waals surface area contributed by atoms with Crippen molar-refractivity contribution in [2.45, 2.75) is 39.8 Å². The summed E-state index contributed by atoms with van der Waals surface area (Å²) in [5.41, 5.74) is 5.63. The Morgan fingerprint density at radius 1 is 1.35 bits per heavy atom. The van der Waals surface area contributed by atoms with Crippen LogP contribution in [-0.4, -0.2) is 6.54 Å². The third-order valence-corrected chi connectivity index (χ3v) is 5.06. The summed E-state index contributed by atoms with van der Waals surface area (Å²) in [5.74, 6) is 0. The fraction of sp³-hybridized carbons (Fsp3) is 0.412. The second kappa shape index (κ2) is 5.58. The lowest BCUT2D eigenvalue weighted by molar-refractivity contribution is 0.574. The fourth-order valence-corrected chi connectivity index (χ4v) is 4.03. The molecule has 0 saturated heterocycles. The molecule has 0 fully saturated rings. The van der Waals surface area contributed by atoms with Gasteiger partial charge >= 0.3 is 0 Å². The Labute approximate surface area is 125 Å². The molecule has 1 aromatic carbocycles. The smallest absolute Gasteiger partial charge is 0.0419 e. The van der Waals surface area contributed by atoms with Crippen molar-refractivity contribution in [2.24, 2.45) is 0 Å². The summed E-state index contributed by atoms with van der Waals surface area (Å²) in [6, 6.07) is 9.34. The van der Waals surface area contributed by atoms with Gasteiger partial charge in [0, 0.05) is 34.6 Å². The van der Waals surface area contributed by atoms with Crippen LogP contribution in [0.15, 0.2) is 24.3 Å². The molecule has 3 rings (SSSR count). The zero-order valence-electron chi connectivity index (χ0n) is 12.4. The summed E-state index contributed by atoms with van der Waals surface area (Å²) in [5, 5.41) is 7.18. The van der Waals surface area contributed by atoms with Gasteiger partial charge in [-0.3, -0.25) is 0 Å². The van der Waals surface area contributed by atoms with Crippen LogP contribution in [0.1, 0.15) is 39.4 Å². The molecule has 20 heavy (non-hydrogen) atoms. The maximum Gasteiger partial charge on any atom is 0.0419 e. The number of thiophene rings is 1. The van der Waals surface area contributed by atoms with Crippen LogP contribution in [-0.2, 0) is 13.0 Å². The van der Waals surface area contributed by atoms with E-state index in [-0.39, 0.29) is 0 Å². The van der Waals surface area contributed by atoms with E-state index in [0.29, 0.717) is 6.04 Å². The van der Waals surface area contributed by atoms with Gasteiger partial charge in [-0.15, -0.1) is 11.3 Å². The van der Waals surface area contributed by atoms with Gasteiger partial charge in [0.05, 0.1) is 0 Å². The molecule has 3 heteroatoms. The maximum absolute atomic E-state index is 3.67. The number of para-hydroxylation sites is 1. The molecule has 0 amide bonds. The summed E-state index contributed by atoms with van der Waals surface area (Å²) >= 11 is 1.89. The normalized spacial score (nSPS) is 14.9. The van der Waals surface area contributed by atoms with Gasteiger partial charge in [-0.2, -0.15) is 0 Å². The highest BCUT2D eigenvalue weighted by Gasteiger charge is 2.15. The van der Waals surface area contributed by atoms with Gasteiger partial charge in [0.25, 0.3) is 0 Å². The van der Waals surface area contributed by atoms with E-state index in [2.05, 4.69) is 55.7 Å².